The molecule has 2 aromatic carbocycles. The Kier molecular flexibility index (Phi) is 6.18. The molecule has 0 aliphatic carbocycles. The highest BCUT2D eigenvalue weighted by Gasteiger charge is 2.41. The molecule has 0 amide bonds. The van der Waals surface area contributed by atoms with Crippen molar-refractivity contribution in [3.05, 3.63) is 58.6 Å². The van der Waals surface area contributed by atoms with Crippen LogP contribution in [0.3, 0.4) is 0 Å². The lowest BCUT2D eigenvalue weighted by Gasteiger charge is -2.39. The largest absolute Gasteiger partial charge is 0.489 e. The molecule has 10 heteroatoms. The molecule has 8 nitrogen and oxygen atoms in total. The predicted molar refractivity (Wildman–Crippen MR) is 122 cm³/mol. The summed E-state index contributed by atoms with van der Waals surface area (Å²) in [7, 11) is -6.30. The first-order chi connectivity index (χ1) is 14.3. The summed E-state index contributed by atoms with van der Waals surface area (Å²) < 4.78 is 40.8. The highest BCUT2D eigenvalue weighted by molar-refractivity contribution is 7.92. The zero-order chi connectivity index (χ0) is 23.0. The molecule has 0 radical (unpaired) electrons. The van der Waals surface area contributed by atoms with E-state index in [2.05, 4.69) is 33.9 Å². The predicted octanol–water partition coefficient (Wildman–Crippen LogP) is 4.57. The fourth-order valence-electron chi connectivity index (χ4n) is 3.08. The van der Waals surface area contributed by atoms with Crippen LogP contribution in [0.5, 0.6) is 5.75 Å². The lowest BCUT2D eigenvalue weighted by Crippen LogP contribution is -2.49. The Hall–Kier alpha value is -2.43. The number of benzene rings is 2. The van der Waals surface area contributed by atoms with Crippen molar-refractivity contribution in [3.8, 4) is 5.75 Å². The van der Waals surface area contributed by atoms with Gasteiger partial charge in [-0.05, 0) is 36.3 Å². The third-order valence-electron chi connectivity index (χ3n) is 5.81. The van der Waals surface area contributed by atoms with Gasteiger partial charge in [-0.25, -0.2) is 8.42 Å². The first kappa shape index (κ1) is 23.2. The van der Waals surface area contributed by atoms with Gasteiger partial charge in [-0.15, -0.1) is 0 Å². The number of hydrogen-bond acceptors (Lipinski definition) is 6. The van der Waals surface area contributed by atoms with E-state index >= 15 is 0 Å². The summed E-state index contributed by atoms with van der Waals surface area (Å²) >= 11 is 0. The number of anilines is 1. The van der Waals surface area contributed by atoms with Crippen molar-refractivity contribution in [1.29, 1.82) is 0 Å². The van der Waals surface area contributed by atoms with E-state index in [1.807, 2.05) is 0 Å². The molecule has 0 aromatic heterocycles. The van der Waals surface area contributed by atoms with Crippen LogP contribution in [0.1, 0.15) is 20.8 Å². The van der Waals surface area contributed by atoms with E-state index in [9.17, 15) is 18.5 Å². The summed E-state index contributed by atoms with van der Waals surface area (Å²) in [5, 5.41) is 11.1. The Balaban J connectivity index is 2.04. The van der Waals surface area contributed by atoms with Gasteiger partial charge in [0.15, 0.2) is 8.32 Å². The second-order valence-electron chi connectivity index (χ2n) is 9.07. The van der Waals surface area contributed by atoms with E-state index in [0.29, 0.717) is 11.4 Å². The Labute approximate surface area is 184 Å². The molecule has 0 saturated heterocycles. The van der Waals surface area contributed by atoms with E-state index in [0.717, 1.165) is 6.07 Å². The van der Waals surface area contributed by atoms with Crippen LogP contribution in [0.2, 0.25) is 18.1 Å². The third kappa shape index (κ3) is 4.75. The fraction of sp³-hybridized carbons (Fsp3) is 0.429. The molecule has 1 atom stereocenters. The first-order valence-corrected chi connectivity index (χ1v) is 14.3. The SMILES string of the molecule is CC(C)(C)[Si](C)(C)OC1COc2ccccc2N(S(=O)(=O)c2cccc([N+](=O)[O-])c2)C1. The number of fused-ring (bicyclic) bond motifs is 1. The molecule has 0 spiro atoms. The maximum Gasteiger partial charge on any atom is 0.270 e. The summed E-state index contributed by atoms with van der Waals surface area (Å²) in [6.07, 6.45) is -0.484. The van der Waals surface area contributed by atoms with Gasteiger partial charge in [-0.1, -0.05) is 39.0 Å². The molecule has 0 N–H and O–H groups in total. The van der Waals surface area contributed by atoms with Crippen molar-refractivity contribution >= 4 is 29.7 Å². The minimum Gasteiger partial charge on any atom is -0.489 e. The lowest BCUT2D eigenvalue weighted by molar-refractivity contribution is -0.385. The topological polar surface area (TPSA) is 99.0 Å². The molecule has 0 saturated carbocycles. The van der Waals surface area contributed by atoms with Gasteiger partial charge in [0, 0.05) is 12.1 Å². The normalized spacial score (nSPS) is 17.5. The molecule has 1 aliphatic heterocycles. The maximum atomic E-state index is 13.6. The molecule has 1 heterocycles. The van der Waals surface area contributed by atoms with Crippen LogP contribution >= 0.6 is 0 Å². The molecule has 2 aromatic rings. The highest BCUT2D eigenvalue weighted by Crippen LogP contribution is 2.40. The average molecular weight is 465 g/mol. The number of ether oxygens (including phenoxy) is 1. The van der Waals surface area contributed by atoms with Crippen molar-refractivity contribution in [1.82, 2.24) is 0 Å². The summed E-state index contributed by atoms with van der Waals surface area (Å²) in [6, 6.07) is 11.9. The van der Waals surface area contributed by atoms with E-state index in [-0.39, 0.29) is 28.8 Å². The van der Waals surface area contributed by atoms with E-state index in [1.165, 1.54) is 22.5 Å². The molecule has 0 fully saturated rings. The van der Waals surface area contributed by atoms with Gasteiger partial charge < -0.3 is 9.16 Å². The van der Waals surface area contributed by atoms with Crippen molar-refractivity contribution in [2.45, 2.75) is 49.9 Å². The third-order valence-corrected chi connectivity index (χ3v) is 12.1. The standard InChI is InChI=1S/C21H28N2O6SSi/c1-21(2,3)31(4,5)29-17-14-22(19-11-6-7-12-20(19)28-15-17)30(26,27)18-10-8-9-16(13-18)23(24)25/h6-13,17H,14-15H2,1-5H3. The quantitative estimate of drug-likeness (QED) is 0.365. The van der Waals surface area contributed by atoms with Crippen LogP contribution in [0, 0.1) is 10.1 Å². The van der Waals surface area contributed by atoms with Gasteiger partial charge in [-0.2, -0.15) is 0 Å². The van der Waals surface area contributed by atoms with Crippen LogP contribution in [-0.2, 0) is 14.4 Å². The van der Waals surface area contributed by atoms with Crippen LogP contribution in [0.4, 0.5) is 11.4 Å². The summed E-state index contributed by atoms with van der Waals surface area (Å²) in [4.78, 5) is 10.4. The Bertz CT molecular complexity index is 1080. The Morgan fingerprint density at radius 1 is 1.16 bits per heavy atom. The first-order valence-electron chi connectivity index (χ1n) is 10.00. The Morgan fingerprint density at radius 2 is 1.84 bits per heavy atom. The van der Waals surface area contributed by atoms with E-state index < -0.39 is 29.4 Å². The second-order valence-corrected chi connectivity index (χ2v) is 15.7. The van der Waals surface area contributed by atoms with Gasteiger partial charge in [0.1, 0.15) is 12.4 Å². The fourth-order valence-corrected chi connectivity index (χ4v) is 5.96. The molecule has 1 unspecified atom stereocenters. The monoisotopic (exact) mass is 464 g/mol. The van der Waals surface area contributed by atoms with Crippen molar-refractivity contribution in [3.63, 3.8) is 0 Å². The van der Waals surface area contributed by atoms with Gasteiger partial charge >= 0.3 is 0 Å². The lowest BCUT2D eigenvalue weighted by atomic mass is 10.2. The van der Waals surface area contributed by atoms with Crippen molar-refractivity contribution in [2.24, 2.45) is 0 Å². The zero-order valence-electron chi connectivity index (χ0n) is 18.4. The molecule has 31 heavy (non-hydrogen) atoms. The van der Waals surface area contributed by atoms with Crippen molar-refractivity contribution < 1.29 is 22.5 Å². The molecule has 1 aliphatic rings. The average Bonchev–Trinajstić information content (AvgIpc) is 2.87. The van der Waals surface area contributed by atoms with Crippen LogP contribution < -0.4 is 9.04 Å². The van der Waals surface area contributed by atoms with Gasteiger partial charge in [0.25, 0.3) is 15.7 Å². The number of nitro benzene ring substituents is 1. The smallest absolute Gasteiger partial charge is 0.270 e. The number of nitro groups is 1. The Morgan fingerprint density at radius 3 is 2.48 bits per heavy atom. The minimum absolute atomic E-state index is 0.0501. The molecule has 3 rings (SSSR count). The molecule has 168 valence electrons. The number of rotatable bonds is 5. The summed E-state index contributed by atoms with van der Waals surface area (Å²) in [5.41, 5.74) is 0.102. The van der Waals surface area contributed by atoms with Crippen LogP contribution in [0.25, 0.3) is 0 Å². The van der Waals surface area contributed by atoms with Gasteiger partial charge in [0.2, 0.25) is 0 Å². The summed E-state index contributed by atoms with van der Waals surface area (Å²) in [6.45, 7) is 10.8. The number of para-hydroxylation sites is 2. The van der Waals surface area contributed by atoms with Crippen molar-refractivity contribution in [2.75, 3.05) is 17.5 Å². The zero-order valence-corrected chi connectivity index (χ0v) is 20.2. The number of hydrogen-bond donors (Lipinski definition) is 0. The van der Waals surface area contributed by atoms with Crippen LogP contribution in [-0.4, -0.2) is 40.9 Å². The highest BCUT2D eigenvalue weighted by atomic mass is 32.2. The van der Waals surface area contributed by atoms with E-state index in [1.54, 1.807) is 24.3 Å². The minimum atomic E-state index is -4.09. The summed E-state index contributed by atoms with van der Waals surface area (Å²) in [5.74, 6) is 0.429. The molecular weight excluding hydrogens is 436 g/mol. The number of sulfonamides is 1. The number of nitrogens with zero attached hydrogens (tertiary/aromatic N) is 2. The van der Waals surface area contributed by atoms with E-state index in [4.69, 9.17) is 9.16 Å². The van der Waals surface area contributed by atoms with Crippen LogP contribution in [0.15, 0.2) is 53.4 Å². The van der Waals surface area contributed by atoms with Gasteiger partial charge in [0.05, 0.1) is 28.2 Å². The molecular formula is C21H28N2O6SSi. The molecule has 0 bridgehead atoms. The maximum absolute atomic E-state index is 13.6. The number of non-ortho nitro benzene ring substituents is 1. The second kappa shape index (κ2) is 8.25. The van der Waals surface area contributed by atoms with Gasteiger partial charge in [-0.3, -0.25) is 14.4 Å².